The summed E-state index contributed by atoms with van der Waals surface area (Å²) in [6.45, 7) is 0. The van der Waals surface area contributed by atoms with Crippen LogP contribution in [0.25, 0.3) is 0 Å². The number of nitrogens with zero attached hydrogens (tertiary/aromatic N) is 1. The highest BCUT2D eigenvalue weighted by molar-refractivity contribution is 9.10. The Bertz CT molecular complexity index is 738. The Morgan fingerprint density at radius 3 is 2.57 bits per heavy atom. The molecule has 23 heavy (non-hydrogen) atoms. The molecule has 1 aromatic heterocycles. The van der Waals surface area contributed by atoms with Gasteiger partial charge in [0.1, 0.15) is 5.75 Å². The number of carbonyl (C=O) groups is 1. The van der Waals surface area contributed by atoms with Crippen LogP contribution in [0.5, 0.6) is 5.75 Å². The van der Waals surface area contributed by atoms with Gasteiger partial charge in [0.25, 0.3) is 5.91 Å². The average Bonchev–Trinajstić information content (AvgIpc) is 2.43. The number of benzene rings is 1. The molecule has 0 fully saturated rings. The minimum atomic E-state index is -4.90. The quantitative estimate of drug-likeness (QED) is 0.582. The highest BCUT2D eigenvalue weighted by Crippen LogP contribution is 2.37. The molecule has 0 saturated heterocycles. The fraction of sp³-hybridized carbons (Fsp3) is 0.0769. The maximum atomic E-state index is 12.7. The van der Waals surface area contributed by atoms with Crippen LogP contribution in [0.15, 0.2) is 34.9 Å². The van der Waals surface area contributed by atoms with Gasteiger partial charge in [0.05, 0.1) is 20.7 Å². The first-order valence-electron chi connectivity index (χ1n) is 5.83. The smallest absolute Gasteiger partial charge is 0.405 e. The molecule has 0 unspecified atom stereocenters. The molecule has 0 atom stereocenters. The molecule has 2 aromatic rings. The molecule has 1 N–H and O–H groups in total. The predicted octanol–water partition coefficient (Wildman–Crippen LogP) is 4.79. The number of halogens is 6. The summed E-state index contributed by atoms with van der Waals surface area (Å²) in [4.78, 5) is 15.3. The number of hydrogen-bond donors (Lipinski definition) is 1. The zero-order valence-electron chi connectivity index (χ0n) is 10.9. The summed E-state index contributed by atoms with van der Waals surface area (Å²) in [7, 11) is 0. The van der Waals surface area contributed by atoms with E-state index in [0.29, 0.717) is 0 Å². The standard InChI is InChI=1S/C13H6BrClF4N2O2/c14-7-3-8(15)9(4-10(7)23-13(17,18)19)21-12(22)6-1-2-11(16)20-5-6/h1-5H,(H,21,22). The van der Waals surface area contributed by atoms with Crippen LogP contribution in [-0.2, 0) is 0 Å². The largest absolute Gasteiger partial charge is 0.573 e. The fourth-order valence-corrected chi connectivity index (χ4v) is 2.30. The Balaban J connectivity index is 2.27. The molecule has 2 rings (SSSR count). The zero-order chi connectivity index (χ0) is 17.2. The third kappa shape index (κ3) is 4.80. The van der Waals surface area contributed by atoms with Crippen molar-refractivity contribution in [3.05, 3.63) is 51.5 Å². The van der Waals surface area contributed by atoms with Crippen molar-refractivity contribution >= 4 is 39.1 Å². The second-order valence-electron chi connectivity index (χ2n) is 4.13. The van der Waals surface area contributed by atoms with E-state index in [1.165, 1.54) is 0 Å². The van der Waals surface area contributed by atoms with Crippen molar-refractivity contribution in [2.45, 2.75) is 6.36 Å². The van der Waals surface area contributed by atoms with Gasteiger partial charge in [-0.2, -0.15) is 4.39 Å². The summed E-state index contributed by atoms with van der Waals surface area (Å²) in [5, 5.41) is 2.28. The summed E-state index contributed by atoms with van der Waals surface area (Å²) in [6.07, 6.45) is -3.93. The first-order chi connectivity index (χ1) is 10.7. The second-order valence-corrected chi connectivity index (χ2v) is 5.40. The third-order valence-electron chi connectivity index (χ3n) is 2.49. The lowest BCUT2D eigenvalue weighted by molar-refractivity contribution is -0.274. The number of aromatic nitrogens is 1. The van der Waals surface area contributed by atoms with E-state index < -0.39 is 24.0 Å². The van der Waals surface area contributed by atoms with Gasteiger partial charge in [-0.05, 0) is 34.1 Å². The molecular weight excluding hydrogens is 408 g/mol. The molecule has 10 heteroatoms. The van der Waals surface area contributed by atoms with Crippen LogP contribution in [0.4, 0.5) is 23.2 Å². The molecule has 1 heterocycles. The maximum Gasteiger partial charge on any atom is 0.573 e. The van der Waals surface area contributed by atoms with Gasteiger partial charge in [-0.25, -0.2) is 4.98 Å². The van der Waals surface area contributed by atoms with Crippen molar-refractivity contribution in [3.8, 4) is 5.75 Å². The molecule has 1 aromatic carbocycles. The second kappa shape index (κ2) is 6.71. The van der Waals surface area contributed by atoms with Crippen LogP contribution in [0, 0.1) is 5.95 Å². The number of anilines is 1. The van der Waals surface area contributed by atoms with Gasteiger partial charge >= 0.3 is 6.36 Å². The summed E-state index contributed by atoms with van der Waals surface area (Å²) in [5.74, 6) is -2.07. The van der Waals surface area contributed by atoms with E-state index >= 15 is 0 Å². The number of rotatable bonds is 3. The van der Waals surface area contributed by atoms with E-state index in [-0.39, 0.29) is 20.7 Å². The lowest BCUT2D eigenvalue weighted by atomic mass is 10.2. The van der Waals surface area contributed by atoms with E-state index in [0.717, 1.165) is 30.5 Å². The molecule has 0 aliphatic heterocycles. The van der Waals surface area contributed by atoms with Gasteiger partial charge in [0.2, 0.25) is 5.95 Å². The van der Waals surface area contributed by atoms with Gasteiger partial charge in [-0.15, -0.1) is 13.2 Å². The van der Waals surface area contributed by atoms with Crippen molar-refractivity contribution in [3.63, 3.8) is 0 Å². The van der Waals surface area contributed by atoms with Gasteiger partial charge in [0.15, 0.2) is 0 Å². The number of hydrogen-bond acceptors (Lipinski definition) is 3. The summed E-state index contributed by atoms with van der Waals surface area (Å²) >= 11 is 8.75. The van der Waals surface area contributed by atoms with Crippen LogP contribution >= 0.6 is 27.5 Å². The third-order valence-corrected chi connectivity index (χ3v) is 3.42. The van der Waals surface area contributed by atoms with Crippen LogP contribution in [0.3, 0.4) is 0 Å². The first kappa shape index (κ1) is 17.5. The molecule has 4 nitrogen and oxygen atoms in total. The van der Waals surface area contributed by atoms with Crippen LogP contribution in [-0.4, -0.2) is 17.3 Å². The Hall–Kier alpha value is -1.87. The molecule has 1 amide bonds. The monoisotopic (exact) mass is 412 g/mol. The van der Waals surface area contributed by atoms with E-state index in [2.05, 4.69) is 31.0 Å². The zero-order valence-corrected chi connectivity index (χ0v) is 13.3. The number of carbonyl (C=O) groups excluding carboxylic acids is 1. The Morgan fingerprint density at radius 1 is 1.30 bits per heavy atom. The minimum Gasteiger partial charge on any atom is -0.405 e. The Labute approximate surface area is 140 Å². The summed E-state index contributed by atoms with van der Waals surface area (Å²) < 4.78 is 53.4. The van der Waals surface area contributed by atoms with Crippen molar-refractivity contribution < 1.29 is 27.1 Å². The van der Waals surface area contributed by atoms with Gasteiger partial charge < -0.3 is 10.1 Å². The highest BCUT2D eigenvalue weighted by Gasteiger charge is 2.32. The number of alkyl halides is 3. The topological polar surface area (TPSA) is 51.2 Å². The fourth-order valence-electron chi connectivity index (χ4n) is 1.53. The number of pyridine rings is 1. The van der Waals surface area contributed by atoms with E-state index in [4.69, 9.17) is 11.6 Å². The van der Waals surface area contributed by atoms with Crippen LogP contribution in [0.1, 0.15) is 10.4 Å². The van der Waals surface area contributed by atoms with E-state index in [1.54, 1.807) is 0 Å². The minimum absolute atomic E-state index is 0.00340. The summed E-state index contributed by atoms with van der Waals surface area (Å²) in [5.41, 5.74) is -0.105. The molecular formula is C13H6BrClF4N2O2. The average molecular weight is 414 g/mol. The first-order valence-corrected chi connectivity index (χ1v) is 7.00. The normalized spacial score (nSPS) is 11.2. The van der Waals surface area contributed by atoms with Gasteiger partial charge in [-0.1, -0.05) is 11.6 Å². The molecule has 0 bridgehead atoms. The van der Waals surface area contributed by atoms with Crippen LogP contribution < -0.4 is 10.1 Å². The number of nitrogens with one attached hydrogen (secondary N) is 1. The van der Waals surface area contributed by atoms with E-state index in [9.17, 15) is 22.4 Å². The number of ether oxygens (including phenoxy) is 1. The van der Waals surface area contributed by atoms with Gasteiger partial charge in [-0.3, -0.25) is 4.79 Å². The highest BCUT2D eigenvalue weighted by atomic mass is 79.9. The maximum absolute atomic E-state index is 12.7. The van der Waals surface area contributed by atoms with Crippen molar-refractivity contribution in [2.24, 2.45) is 0 Å². The van der Waals surface area contributed by atoms with Crippen molar-refractivity contribution in [1.82, 2.24) is 4.98 Å². The van der Waals surface area contributed by atoms with E-state index in [1.807, 2.05) is 0 Å². The lowest BCUT2D eigenvalue weighted by Crippen LogP contribution is -2.18. The lowest BCUT2D eigenvalue weighted by Gasteiger charge is -2.14. The molecule has 0 saturated carbocycles. The molecule has 122 valence electrons. The predicted molar refractivity (Wildman–Crippen MR) is 78.0 cm³/mol. The van der Waals surface area contributed by atoms with Crippen molar-refractivity contribution in [1.29, 1.82) is 0 Å². The summed E-state index contributed by atoms with van der Waals surface area (Å²) in [6, 6.07) is 4.18. The molecule has 0 aliphatic rings. The Kier molecular flexibility index (Phi) is 5.10. The van der Waals surface area contributed by atoms with Crippen LogP contribution in [0.2, 0.25) is 5.02 Å². The molecule has 0 radical (unpaired) electrons. The number of amides is 1. The van der Waals surface area contributed by atoms with Gasteiger partial charge in [0, 0.05) is 12.3 Å². The Morgan fingerprint density at radius 2 is 2.00 bits per heavy atom. The molecule has 0 aliphatic carbocycles. The SMILES string of the molecule is O=C(Nc1cc(OC(F)(F)F)c(Br)cc1Cl)c1ccc(F)nc1. The molecule has 0 spiro atoms. The van der Waals surface area contributed by atoms with Crippen molar-refractivity contribution in [2.75, 3.05) is 5.32 Å².